The van der Waals surface area contributed by atoms with Crippen molar-refractivity contribution in [1.82, 2.24) is 10.6 Å². The van der Waals surface area contributed by atoms with Crippen molar-refractivity contribution in [3.05, 3.63) is 54.5 Å². The summed E-state index contributed by atoms with van der Waals surface area (Å²) in [4.78, 5) is 38.2. The number of carbonyl (C=O) groups is 3. The van der Waals surface area contributed by atoms with Gasteiger partial charge in [-0.15, -0.1) is 11.8 Å². The Morgan fingerprint density at radius 2 is 1.79 bits per heavy atom. The molecule has 180 valence electrons. The number of nitrogens with one attached hydrogen (secondary N) is 2. The lowest BCUT2D eigenvalue weighted by Gasteiger charge is -2.24. The molecular weight excluding hydrogens is 440 g/mol. The molecule has 1 aromatic carbocycles. The molecule has 0 saturated carbocycles. The quantitative estimate of drug-likeness (QED) is 0.405. The van der Waals surface area contributed by atoms with E-state index in [1.807, 2.05) is 51.1 Å². The fraction of sp³-hybridized carbons (Fsp3) is 0.480. The van der Waals surface area contributed by atoms with Crippen LogP contribution >= 0.6 is 11.8 Å². The van der Waals surface area contributed by atoms with Crippen molar-refractivity contribution >= 4 is 29.4 Å². The van der Waals surface area contributed by atoms with Gasteiger partial charge < -0.3 is 19.8 Å². The van der Waals surface area contributed by atoms with Crippen molar-refractivity contribution in [3.63, 3.8) is 0 Å². The number of thioether (sulfide) groups is 1. The van der Waals surface area contributed by atoms with E-state index in [1.165, 1.54) is 11.8 Å². The predicted molar refractivity (Wildman–Crippen MR) is 130 cm³/mol. The lowest BCUT2D eigenvalue weighted by atomic mass is 10.0. The maximum absolute atomic E-state index is 13.0. The first-order valence-electron chi connectivity index (χ1n) is 11.3. The van der Waals surface area contributed by atoms with E-state index < -0.39 is 12.1 Å². The highest BCUT2D eigenvalue weighted by Gasteiger charge is 2.27. The van der Waals surface area contributed by atoms with Crippen LogP contribution < -0.4 is 15.4 Å². The Kier molecular flexibility index (Phi) is 11.6. The fourth-order valence-electron chi connectivity index (χ4n) is 3.23. The molecule has 8 heteroatoms. The highest BCUT2D eigenvalue weighted by atomic mass is 32.2. The molecule has 0 spiro atoms. The highest BCUT2D eigenvalue weighted by Crippen LogP contribution is 2.14. The van der Waals surface area contributed by atoms with Gasteiger partial charge in [-0.2, -0.15) is 0 Å². The normalized spacial score (nSPS) is 12.7. The number of amides is 2. The number of Topliss-reactive ketones (excluding diaryl/α,β-unsaturated/α-hetero) is 1. The Labute approximate surface area is 200 Å². The Hall–Kier alpha value is -2.74. The van der Waals surface area contributed by atoms with Crippen LogP contribution in [-0.2, 0) is 20.1 Å². The van der Waals surface area contributed by atoms with Gasteiger partial charge in [0.25, 0.3) is 5.91 Å². The summed E-state index contributed by atoms with van der Waals surface area (Å²) in [6.07, 6.45) is 3.37. The van der Waals surface area contributed by atoms with Gasteiger partial charge in [-0.1, -0.05) is 45.4 Å². The number of ketones is 1. The molecule has 0 unspecified atom stereocenters. The second-order valence-electron chi connectivity index (χ2n) is 8.24. The van der Waals surface area contributed by atoms with Crippen LogP contribution in [-0.4, -0.2) is 42.0 Å². The van der Waals surface area contributed by atoms with Gasteiger partial charge in [0.1, 0.15) is 17.6 Å². The third-order valence-electron chi connectivity index (χ3n) is 4.82. The lowest BCUT2D eigenvalue weighted by Crippen LogP contribution is -2.53. The molecule has 0 aliphatic heterocycles. The van der Waals surface area contributed by atoms with Gasteiger partial charge in [0.15, 0.2) is 12.4 Å². The summed E-state index contributed by atoms with van der Waals surface area (Å²) < 4.78 is 10.8. The van der Waals surface area contributed by atoms with E-state index in [4.69, 9.17) is 9.15 Å². The van der Waals surface area contributed by atoms with Crippen LogP contribution in [0, 0.1) is 5.92 Å². The minimum Gasteiger partial charge on any atom is -0.484 e. The second-order valence-corrected chi connectivity index (χ2v) is 9.23. The molecule has 0 saturated heterocycles. The predicted octanol–water partition coefficient (Wildman–Crippen LogP) is 3.98. The van der Waals surface area contributed by atoms with Crippen LogP contribution in [0.5, 0.6) is 5.75 Å². The van der Waals surface area contributed by atoms with E-state index in [1.54, 1.807) is 18.4 Å². The topological polar surface area (TPSA) is 97.6 Å². The van der Waals surface area contributed by atoms with Crippen molar-refractivity contribution in [3.8, 4) is 5.75 Å². The Morgan fingerprint density at radius 1 is 1.03 bits per heavy atom. The summed E-state index contributed by atoms with van der Waals surface area (Å²) in [5, 5.41) is 5.63. The van der Waals surface area contributed by atoms with E-state index in [0.717, 1.165) is 12.2 Å². The number of ether oxygens (including phenoxy) is 1. The molecule has 7 nitrogen and oxygen atoms in total. The summed E-state index contributed by atoms with van der Waals surface area (Å²) in [5.41, 5.74) is 0. The zero-order chi connectivity index (χ0) is 24.1. The number of hydrogen-bond donors (Lipinski definition) is 2. The van der Waals surface area contributed by atoms with E-state index >= 15 is 0 Å². The van der Waals surface area contributed by atoms with Gasteiger partial charge in [0, 0.05) is 0 Å². The average Bonchev–Trinajstić information content (AvgIpc) is 3.31. The van der Waals surface area contributed by atoms with Crippen LogP contribution in [0.4, 0.5) is 0 Å². The Balaban J connectivity index is 1.90. The number of furan rings is 1. The summed E-state index contributed by atoms with van der Waals surface area (Å²) in [7, 11) is 0. The molecule has 2 rings (SSSR count). The van der Waals surface area contributed by atoms with Crippen LogP contribution in [0.3, 0.4) is 0 Å². The highest BCUT2D eigenvalue weighted by molar-refractivity contribution is 7.99. The standard InChI is InChI=1S/C25H34N2O5S/c1-4-9-21(23(28)17-33-16-20-12-8-13-31-20)27-25(30)22(14-18(2)3)26-24(29)15-32-19-10-6-5-7-11-19/h5-8,10-13,18,21-22H,4,9,14-17H2,1-3H3,(H,26,29)(H,27,30)/t21-,22-/m0/s1. The molecule has 0 bridgehead atoms. The molecule has 2 aromatic rings. The molecule has 1 heterocycles. The maximum Gasteiger partial charge on any atom is 0.258 e. The smallest absolute Gasteiger partial charge is 0.258 e. The number of benzene rings is 1. The van der Waals surface area contributed by atoms with Crippen molar-refractivity contribution in [2.45, 2.75) is 57.9 Å². The van der Waals surface area contributed by atoms with Crippen molar-refractivity contribution in [2.75, 3.05) is 12.4 Å². The molecule has 0 aliphatic rings. The number of rotatable bonds is 15. The molecule has 2 atom stereocenters. The fourth-order valence-corrected chi connectivity index (χ4v) is 4.10. The molecule has 0 fully saturated rings. The van der Waals surface area contributed by atoms with Crippen LogP contribution in [0.25, 0.3) is 0 Å². The van der Waals surface area contributed by atoms with Crippen LogP contribution in [0.2, 0.25) is 0 Å². The second kappa shape index (κ2) is 14.4. The molecule has 2 N–H and O–H groups in total. The lowest BCUT2D eigenvalue weighted by molar-refractivity contribution is -0.132. The summed E-state index contributed by atoms with van der Waals surface area (Å²) >= 11 is 1.45. The zero-order valence-corrected chi connectivity index (χ0v) is 20.4. The van der Waals surface area contributed by atoms with E-state index in [2.05, 4.69) is 10.6 Å². The van der Waals surface area contributed by atoms with Gasteiger partial charge in [0.2, 0.25) is 5.91 Å². The summed E-state index contributed by atoms with van der Waals surface area (Å²) in [6, 6.07) is 11.4. The molecule has 0 aliphatic carbocycles. The monoisotopic (exact) mass is 474 g/mol. The Morgan fingerprint density at radius 3 is 2.42 bits per heavy atom. The van der Waals surface area contributed by atoms with E-state index in [9.17, 15) is 14.4 Å². The van der Waals surface area contributed by atoms with Gasteiger partial charge in [-0.05, 0) is 43.0 Å². The van der Waals surface area contributed by atoms with Gasteiger partial charge in [-0.3, -0.25) is 14.4 Å². The number of hydrogen-bond acceptors (Lipinski definition) is 6. The van der Waals surface area contributed by atoms with Crippen LogP contribution in [0.1, 0.15) is 45.8 Å². The first-order chi connectivity index (χ1) is 15.9. The number of para-hydroxylation sites is 1. The van der Waals surface area contributed by atoms with Crippen molar-refractivity contribution < 1.29 is 23.5 Å². The molecule has 0 radical (unpaired) electrons. The first-order valence-corrected chi connectivity index (χ1v) is 12.4. The first kappa shape index (κ1) is 26.5. The molecule has 33 heavy (non-hydrogen) atoms. The molecular formula is C25H34N2O5S. The van der Waals surface area contributed by atoms with E-state index in [-0.39, 0.29) is 35.9 Å². The zero-order valence-electron chi connectivity index (χ0n) is 19.5. The third-order valence-corrected chi connectivity index (χ3v) is 5.80. The van der Waals surface area contributed by atoms with Gasteiger partial charge >= 0.3 is 0 Å². The Bertz CT molecular complexity index is 855. The largest absolute Gasteiger partial charge is 0.484 e. The van der Waals surface area contributed by atoms with E-state index in [0.29, 0.717) is 24.3 Å². The van der Waals surface area contributed by atoms with Gasteiger partial charge in [-0.25, -0.2) is 0 Å². The minimum absolute atomic E-state index is 0.0382. The van der Waals surface area contributed by atoms with Crippen molar-refractivity contribution in [2.24, 2.45) is 5.92 Å². The molecule has 2 amide bonds. The van der Waals surface area contributed by atoms with Crippen LogP contribution in [0.15, 0.2) is 53.1 Å². The minimum atomic E-state index is -0.736. The van der Waals surface area contributed by atoms with Gasteiger partial charge in [0.05, 0.1) is 23.8 Å². The average molecular weight is 475 g/mol. The number of carbonyl (C=O) groups excluding carboxylic acids is 3. The summed E-state index contributed by atoms with van der Waals surface area (Å²) in [5.74, 6) is 1.67. The third kappa shape index (κ3) is 10.2. The molecule has 1 aromatic heterocycles. The summed E-state index contributed by atoms with van der Waals surface area (Å²) in [6.45, 7) is 5.74. The SMILES string of the molecule is CCC[C@H](NC(=O)[C@H](CC(C)C)NC(=O)COc1ccccc1)C(=O)CSCc1ccco1. The van der Waals surface area contributed by atoms with Crippen molar-refractivity contribution in [1.29, 1.82) is 0 Å². The maximum atomic E-state index is 13.0.